The van der Waals surface area contributed by atoms with E-state index in [1.165, 1.54) is 22.7 Å². The zero-order chi connectivity index (χ0) is 11.3. The van der Waals surface area contributed by atoms with Crippen LogP contribution in [0.25, 0.3) is 0 Å². The molecule has 1 aliphatic heterocycles. The molecular weight excluding hydrogens is 222 g/mol. The molecule has 1 aromatic carbocycles. The largest absolute Gasteiger partial charge is 0.270 e. The normalized spacial score (nSPS) is 22.2. The minimum absolute atomic E-state index is 0.177. The van der Waals surface area contributed by atoms with Gasteiger partial charge >= 0.3 is 0 Å². The lowest BCUT2D eigenvalue weighted by Crippen LogP contribution is -2.25. The van der Waals surface area contributed by atoms with Crippen molar-refractivity contribution in [3.05, 3.63) is 29.3 Å². The Morgan fingerprint density at radius 3 is 2.75 bits per heavy atom. The van der Waals surface area contributed by atoms with E-state index in [4.69, 9.17) is 0 Å². The first-order valence-corrected chi connectivity index (χ1v) is 7.36. The van der Waals surface area contributed by atoms with Crippen molar-refractivity contribution in [1.82, 2.24) is 0 Å². The Bertz CT molecular complexity index is 532. The van der Waals surface area contributed by atoms with E-state index in [2.05, 4.69) is 12.1 Å². The van der Waals surface area contributed by atoms with Crippen LogP contribution in [0, 0.1) is 0 Å². The Morgan fingerprint density at radius 2 is 2.12 bits per heavy atom. The molecule has 1 saturated carbocycles. The number of rotatable bonds is 2. The van der Waals surface area contributed by atoms with Crippen LogP contribution >= 0.6 is 0 Å². The molecule has 0 unspecified atom stereocenters. The summed E-state index contributed by atoms with van der Waals surface area (Å²) < 4.78 is 25.3. The Kier molecular flexibility index (Phi) is 2.05. The van der Waals surface area contributed by atoms with Gasteiger partial charge in [0.15, 0.2) is 0 Å². The van der Waals surface area contributed by atoms with Crippen LogP contribution in [0.2, 0.25) is 0 Å². The lowest BCUT2D eigenvalue weighted by Gasteiger charge is -2.15. The molecule has 0 radical (unpaired) electrons. The Labute approximate surface area is 96.1 Å². The van der Waals surface area contributed by atoms with Gasteiger partial charge < -0.3 is 0 Å². The molecule has 0 atom stereocenters. The standard InChI is InChI=1S/C12H15NO2S/c1-2-13-12-6-5-10(9-3-4-9)7-11(12)8-16(13,14)15/h5-7,9H,2-4,8H2,1H3. The van der Waals surface area contributed by atoms with Crippen LogP contribution in [0.15, 0.2) is 18.2 Å². The summed E-state index contributed by atoms with van der Waals surface area (Å²) in [7, 11) is -3.08. The molecular formula is C12H15NO2S. The highest BCUT2D eigenvalue weighted by Gasteiger charge is 2.33. The molecule has 0 amide bonds. The van der Waals surface area contributed by atoms with Crippen molar-refractivity contribution in [2.75, 3.05) is 10.8 Å². The molecule has 3 rings (SSSR count). The molecule has 16 heavy (non-hydrogen) atoms. The fourth-order valence-electron chi connectivity index (χ4n) is 2.43. The predicted molar refractivity (Wildman–Crippen MR) is 64.1 cm³/mol. The fourth-order valence-corrected chi connectivity index (χ4v) is 4.08. The maximum absolute atomic E-state index is 11.9. The van der Waals surface area contributed by atoms with E-state index in [0.29, 0.717) is 12.5 Å². The van der Waals surface area contributed by atoms with Crippen LogP contribution in [-0.2, 0) is 15.8 Å². The molecule has 1 heterocycles. The first kappa shape index (κ1) is 10.1. The summed E-state index contributed by atoms with van der Waals surface area (Å²) in [5.41, 5.74) is 3.17. The second-order valence-electron chi connectivity index (χ2n) is 4.58. The fraction of sp³-hybridized carbons (Fsp3) is 0.500. The summed E-state index contributed by atoms with van der Waals surface area (Å²) in [5, 5.41) is 0. The van der Waals surface area contributed by atoms with E-state index >= 15 is 0 Å². The van der Waals surface area contributed by atoms with E-state index in [1.807, 2.05) is 13.0 Å². The van der Waals surface area contributed by atoms with Gasteiger partial charge in [-0.2, -0.15) is 0 Å². The monoisotopic (exact) mass is 237 g/mol. The molecule has 0 bridgehead atoms. The molecule has 3 nitrogen and oxygen atoms in total. The average molecular weight is 237 g/mol. The van der Waals surface area contributed by atoms with Crippen LogP contribution in [0.5, 0.6) is 0 Å². The minimum Gasteiger partial charge on any atom is -0.270 e. The second-order valence-corrected chi connectivity index (χ2v) is 6.48. The third kappa shape index (κ3) is 1.44. The van der Waals surface area contributed by atoms with E-state index in [9.17, 15) is 8.42 Å². The zero-order valence-corrected chi connectivity index (χ0v) is 10.1. The van der Waals surface area contributed by atoms with E-state index in [0.717, 1.165) is 11.3 Å². The number of fused-ring (bicyclic) bond motifs is 1. The topological polar surface area (TPSA) is 37.4 Å². The SMILES string of the molecule is CCN1c2ccc(C3CC3)cc2CS1(=O)=O. The highest BCUT2D eigenvalue weighted by atomic mass is 32.2. The summed E-state index contributed by atoms with van der Waals surface area (Å²) in [6.07, 6.45) is 2.51. The Balaban J connectivity index is 2.07. The number of nitrogens with zero attached hydrogens (tertiary/aromatic N) is 1. The van der Waals surface area contributed by atoms with Crippen molar-refractivity contribution in [2.45, 2.75) is 31.4 Å². The summed E-state index contributed by atoms with van der Waals surface area (Å²) in [5.74, 6) is 0.861. The van der Waals surface area contributed by atoms with Gasteiger partial charge in [0, 0.05) is 6.54 Å². The van der Waals surface area contributed by atoms with Gasteiger partial charge in [-0.15, -0.1) is 0 Å². The second kappa shape index (κ2) is 3.23. The van der Waals surface area contributed by atoms with Crippen molar-refractivity contribution in [2.24, 2.45) is 0 Å². The van der Waals surface area contributed by atoms with Crippen LogP contribution in [0.4, 0.5) is 5.69 Å². The predicted octanol–water partition coefficient (Wildman–Crippen LogP) is 2.23. The van der Waals surface area contributed by atoms with Crippen LogP contribution in [0.1, 0.15) is 36.8 Å². The molecule has 1 fully saturated rings. The zero-order valence-electron chi connectivity index (χ0n) is 9.31. The molecule has 86 valence electrons. The van der Waals surface area contributed by atoms with Gasteiger partial charge in [-0.25, -0.2) is 8.42 Å². The smallest absolute Gasteiger partial charge is 0.239 e. The van der Waals surface area contributed by atoms with Gasteiger partial charge in [0.05, 0.1) is 11.4 Å². The van der Waals surface area contributed by atoms with Gasteiger partial charge in [0.1, 0.15) is 0 Å². The van der Waals surface area contributed by atoms with E-state index in [1.54, 1.807) is 0 Å². The number of benzene rings is 1. The minimum atomic E-state index is -3.08. The molecule has 0 spiro atoms. The van der Waals surface area contributed by atoms with Crippen molar-refractivity contribution in [1.29, 1.82) is 0 Å². The van der Waals surface area contributed by atoms with Gasteiger partial charge in [-0.05, 0) is 42.9 Å². The van der Waals surface area contributed by atoms with Crippen molar-refractivity contribution >= 4 is 15.7 Å². The maximum atomic E-state index is 11.9. The van der Waals surface area contributed by atoms with Crippen molar-refractivity contribution < 1.29 is 8.42 Å². The first-order chi connectivity index (χ1) is 7.62. The lowest BCUT2D eigenvalue weighted by atomic mass is 10.1. The quantitative estimate of drug-likeness (QED) is 0.791. The molecule has 1 aromatic rings. The molecule has 4 heteroatoms. The van der Waals surface area contributed by atoms with Crippen LogP contribution < -0.4 is 4.31 Å². The van der Waals surface area contributed by atoms with Crippen LogP contribution in [-0.4, -0.2) is 15.0 Å². The van der Waals surface area contributed by atoms with Crippen LogP contribution in [0.3, 0.4) is 0 Å². The van der Waals surface area contributed by atoms with Gasteiger partial charge in [-0.3, -0.25) is 4.31 Å². The third-order valence-electron chi connectivity index (χ3n) is 3.38. The van der Waals surface area contributed by atoms with E-state index in [-0.39, 0.29) is 5.75 Å². The summed E-state index contributed by atoms with van der Waals surface area (Å²) in [4.78, 5) is 0. The highest BCUT2D eigenvalue weighted by molar-refractivity contribution is 7.92. The highest BCUT2D eigenvalue weighted by Crippen LogP contribution is 2.43. The molecule has 0 saturated heterocycles. The van der Waals surface area contributed by atoms with E-state index < -0.39 is 10.0 Å². The first-order valence-electron chi connectivity index (χ1n) is 5.75. The lowest BCUT2D eigenvalue weighted by molar-refractivity contribution is 0.594. The Morgan fingerprint density at radius 1 is 1.38 bits per heavy atom. The summed E-state index contributed by atoms with van der Waals surface area (Å²) in [6, 6.07) is 6.14. The maximum Gasteiger partial charge on any atom is 0.239 e. The molecule has 0 aromatic heterocycles. The third-order valence-corrected chi connectivity index (χ3v) is 5.18. The summed E-state index contributed by atoms with van der Waals surface area (Å²) >= 11 is 0. The summed E-state index contributed by atoms with van der Waals surface area (Å²) in [6.45, 7) is 2.40. The van der Waals surface area contributed by atoms with Gasteiger partial charge in [0.25, 0.3) is 0 Å². The van der Waals surface area contributed by atoms with Gasteiger partial charge in [-0.1, -0.05) is 12.1 Å². The molecule has 1 aliphatic carbocycles. The molecule has 0 N–H and O–H groups in total. The Hall–Kier alpha value is -1.03. The number of anilines is 1. The number of hydrogen-bond donors (Lipinski definition) is 0. The van der Waals surface area contributed by atoms with Crippen molar-refractivity contribution in [3.8, 4) is 0 Å². The average Bonchev–Trinajstić information content (AvgIpc) is 3.00. The number of hydrogen-bond acceptors (Lipinski definition) is 2. The molecule has 2 aliphatic rings. The van der Waals surface area contributed by atoms with Gasteiger partial charge in [0.2, 0.25) is 10.0 Å². The number of sulfonamides is 1. The van der Waals surface area contributed by atoms with Crippen molar-refractivity contribution in [3.63, 3.8) is 0 Å².